The van der Waals surface area contributed by atoms with Crippen LogP contribution in [0.5, 0.6) is 0 Å². The zero-order chi connectivity index (χ0) is 19.9. The Morgan fingerprint density at radius 1 is 1.31 bits per heavy atom. The summed E-state index contributed by atoms with van der Waals surface area (Å²) in [5.74, 6) is -0.456. The molecule has 0 saturated carbocycles. The number of benzene rings is 1. The third-order valence-corrected chi connectivity index (χ3v) is 4.64. The minimum atomic E-state index is -4.53. The summed E-state index contributed by atoms with van der Waals surface area (Å²) in [5, 5.41) is 10.9. The summed E-state index contributed by atoms with van der Waals surface area (Å²) in [6, 6.07) is 3.66. The average molecular weight is 434 g/mol. The first-order chi connectivity index (χ1) is 11.8. The lowest BCUT2D eigenvalue weighted by atomic mass is 9.97. The maximum Gasteiger partial charge on any atom is 0.433 e. The third-order valence-electron chi connectivity index (χ3n) is 3.78. The van der Waals surface area contributed by atoms with Crippen LogP contribution >= 0.6 is 15.9 Å². The predicted molar refractivity (Wildman–Crippen MR) is 94.6 cm³/mol. The van der Waals surface area contributed by atoms with Crippen molar-refractivity contribution >= 4 is 32.8 Å². The van der Waals surface area contributed by atoms with Gasteiger partial charge in [0.1, 0.15) is 18.4 Å². The molecule has 0 fully saturated rings. The molecular formula is C18H19BrF3NO3. The van der Waals surface area contributed by atoms with E-state index in [4.69, 9.17) is 4.74 Å². The third kappa shape index (κ3) is 4.35. The molecule has 0 radical (unpaired) electrons. The zero-order valence-corrected chi connectivity index (χ0v) is 16.3. The second-order valence-corrected chi connectivity index (χ2v) is 7.84. The van der Waals surface area contributed by atoms with Crippen LogP contribution in [0.15, 0.2) is 22.7 Å². The van der Waals surface area contributed by atoms with Gasteiger partial charge in [0, 0.05) is 15.4 Å². The van der Waals surface area contributed by atoms with E-state index in [1.807, 2.05) is 0 Å². The Labute approximate surface area is 157 Å². The smallest absolute Gasteiger partial charge is 0.433 e. The summed E-state index contributed by atoms with van der Waals surface area (Å²) >= 11 is 3.33. The molecule has 0 aliphatic carbocycles. The molecular weight excluding hydrogens is 415 g/mol. The highest BCUT2D eigenvalue weighted by Crippen LogP contribution is 2.36. The number of aryl methyl sites for hydroxylation is 1. The SMILES string of the molecule is Cc1cc2nc(C(F)(F)F)ccc2c(Br)c1[C@@H](O)COC(=O)C(C)(C)C. The van der Waals surface area contributed by atoms with Gasteiger partial charge in [-0.05, 0) is 67.4 Å². The average Bonchev–Trinajstić information content (AvgIpc) is 2.50. The molecule has 1 atom stereocenters. The number of aliphatic hydroxyl groups excluding tert-OH is 1. The lowest BCUT2D eigenvalue weighted by molar-refractivity contribution is -0.156. The van der Waals surface area contributed by atoms with Gasteiger partial charge < -0.3 is 9.84 Å². The van der Waals surface area contributed by atoms with E-state index >= 15 is 0 Å². The number of esters is 1. The summed E-state index contributed by atoms with van der Waals surface area (Å²) < 4.78 is 44.1. The molecule has 0 saturated heterocycles. The van der Waals surface area contributed by atoms with E-state index in [1.54, 1.807) is 27.7 Å². The van der Waals surface area contributed by atoms with Crippen LogP contribution in [0.1, 0.15) is 43.7 Å². The summed E-state index contributed by atoms with van der Waals surface area (Å²) in [7, 11) is 0. The number of alkyl halides is 3. The molecule has 0 amide bonds. The second-order valence-electron chi connectivity index (χ2n) is 7.05. The number of aromatic nitrogens is 1. The fourth-order valence-electron chi connectivity index (χ4n) is 2.39. The van der Waals surface area contributed by atoms with E-state index in [1.165, 1.54) is 12.1 Å². The number of hydrogen-bond acceptors (Lipinski definition) is 4. The molecule has 0 bridgehead atoms. The van der Waals surface area contributed by atoms with Crippen LogP contribution in [0.3, 0.4) is 0 Å². The maximum absolute atomic E-state index is 12.8. The maximum atomic E-state index is 12.8. The summed E-state index contributed by atoms with van der Waals surface area (Å²) in [6.07, 6.45) is -5.66. The molecule has 0 aliphatic heterocycles. The standard InChI is InChI=1S/C18H19BrF3NO3/c1-9-7-11-10(5-6-13(23-11)18(20,21)22)15(19)14(9)12(24)8-26-16(25)17(2,3)4/h5-7,12,24H,8H2,1-4H3/t12-/m0/s1. The van der Waals surface area contributed by atoms with E-state index in [2.05, 4.69) is 20.9 Å². The first-order valence-electron chi connectivity index (χ1n) is 7.84. The van der Waals surface area contributed by atoms with Crippen LogP contribution in [-0.2, 0) is 15.7 Å². The van der Waals surface area contributed by atoms with E-state index in [0.29, 0.717) is 21.0 Å². The molecule has 4 nitrogen and oxygen atoms in total. The number of rotatable bonds is 3. The number of carbonyl (C=O) groups is 1. The normalized spacial score (nSPS) is 13.7. The minimum Gasteiger partial charge on any atom is -0.462 e. The summed E-state index contributed by atoms with van der Waals surface area (Å²) in [5.41, 5.74) is -0.542. The fraction of sp³-hybridized carbons (Fsp3) is 0.444. The fourth-order valence-corrected chi connectivity index (χ4v) is 3.31. The van der Waals surface area contributed by atoms with Crippen LogP contribution in [0.4, 0.5) is 13.2 Å². The van der Waals surface area contributed by atoms with Crippen molar-refractivity contribution in [2.75, 3.05) is 6.61 Å². The highest BCUT2D eigenvalue weighted by Gasteiger charge is 2.33. The van der Waals surface area contributed by atoms with Crippen molar-refractivity contribution in [1.29, 1.82) is 0 Å². The van der Waals surface area contributed by atoms with Crippen LogP contribution in [0, 0.1) is 12.3 Å². The number of nitrogens with zero attached hydrogens (tertiary/aromatic N) is 1. The highest BCUT2D eigenvalue weighted by atomic mass is 79.9. The van der Waals surface area contributed by atoms with Crippen LogP contribution in [-0.4, -0.2) is 22.7 Å². The molecule has 2 rings (SSSR count). The Kier molecular flexibility index (Phi) is 5.68. The van der Waals surface area contributed by atoms with E-state index in [0.717, 1.165) is 6.07 Å². The highest BCUT2D eigenvalue weighted by molar-refractivity contribution is 9.10. The van der Waals surface area contributed by atoms with Crippen molar-refractivity contribution in [2.24, 2.45) is 5.41 Å². The van der Waals surface area contributed by atoms with Gasteiger partial charge in [-0.2, -0.15) is 13.2 Å². The number of aliphatic hydroxyl groups is 1. The Hall–Kier alpha value is -1.67. The van der Waals surface area contributed by atoms with Gasteiger partial charge in [0.2, 0.25) is 0 Å². The predicted octanol–water partition coefficient (Wildman–Crippen LogP) is 4.95. The van der Waals surface area contributed by atoms with Gasteiger partial charge in [-0.15, -0.1) is 0 Å². The molecule has 8 heteroatoms. The zero-order valence-electron chi connectivity index (χ0n) is 14.7. The molecule has 1 heterocycles. The number of carbonyl (C=O) groups excluding carboxylic acids is 1. The molecule has 2 aromatic rings. The van der Waals surface area contributed by atoms with Crippen LogP contribution in [0.25, 0.3) is 10.9 Å². The monoisotopic (exact) mass is 433 g/mol. The molecule has 0 aliphatic rings. The van der Waals surface area contributed by atoms with Crippen LogP contribution in [0.2, 0.25) is 0 Å². The number of halogens is 4. The van der Waals surface area contributed by atoms with Gasteiger partial charge in [-0.25, -0.2) is 4.98 Å². The minimum absolute atomic E-state index is 0.159. The molecule has 1 aromatic heterocycles. The van der Waals surface area contributed by atoms with Crippen molar-refractivity contribution < 1.29 is 27.8 Å². The van der Waals surface area contributed by atoms with E-state index in [9.17, 15) is 23.1 Å². The van der Waals surface area contributed by atoms with Crippen molar-refractivity contribution in [2.45, 2.75) is 40.0 Å². The van der Waals surface area contributed by atoms with Crippen molar-refractivity contribution in [3.05, 3.63) is 39.5 Å². The Morgan fingerprint density at radius 3 is 2.46 bits per heavy atom. The lowest BCUT2D eigenvalue weighted by Crippen LogP contribution is -2.25. The molecule has 1 aromatic carbocycles. The molecule has 1 N–H and O–H groups in total. The van der Waals surface area contributed by atoms with Gasteiger partial charge in [-0.3, -0.25) is 4.79 Å². The van der Waals surface area contributed by atoms with Gasteiger partial charge in [0.05, 0.1) is 10.9 Å². The number of fused-ring (bicyclic) bond motifs is 1. The quantitative estimate of drug-likeness (QED) is 0.695. The van der Waals surface area contributed by atoms with Gasteiger partial charge in [-0.1, -0.05) is 0 Å². The van der Waals surface area contributed by atoms with Crippen LogP contribution < -0.4 is 0 Å². The largest absolute Gasteiger partial charge is 0.462 e. The number of hydrogen-bond donors (Lipinski definition) is 1. The van der Waals surface area contributed by atoms with Crippen molar-refractivity contribution in [3.8, 4) is 0 Å². The number of ether oxygens (including phenoxy) is 1. The summed E-state index contributed by atoms with van der Waals surface area (Å²) in [6.45, 7) is 6.49. The summed E-state index contributed by atoms with van der Waals surface area (Å²) in [4.78, 5) is 15.5. The van der Waals surface area contributed by atoms with Crippen molar-refractivity contribution in [3.63, 3.8) is 0 Å². The molecule has 26 heavy (non-hydrogen) atoms. The van der Waals surface area contributed by atoms with Crippen molar-refractivity contribution in [1.82, 2.24) is 4.98 Å². The first kappa shape index (κ1) is 20.6. The van der Waals surface area contributed by atoms with E-state index in [-0.39, 0.29) is 12.1 Å². The first-order valence-corrected chi connectivity index (χ1v) is 8.64. The molecule has 142 valence electrons. The Morgan fingerprint density at radius 2 is 1.92 bits per heavy atom. The van der Waals surface area contributed by atoms with E-state index < -0.39 is 29.4 Å². The van der Waals surface area contributed by atoms with Gasteiger partial charge >= 0.3 is 12.1 Å². The second kappa shape index (κ2) is 7.15. The Bertz CT molecular complexity index is 844. The molecule has 0 unspecified atom stereocenters. The number of pyridine rings is 1. The lowest BCUT2D eigenvalue weighted by Gasteiger charge is -2.21. The molecule has 0 spiro atoms. The van der Waals surface area contributed by atoms with Gasteiger partial charge in [0.25, 0.3) is 0 Å². The van der Waals surface area contributed by atoms with Gasteiger partial charge in [0.15, 0.2) is 0 Å². The topological polar surface area (TPSA) is 59.4 Å². The Balaban J connectivity index is 2.38.